The number of rotatable bonds is 0. The summed E-state index contributed by atoms with van der Waals surface area (Å²) in [6.07, 6.45) is 0. The molecule has 0 saturated carbocycles. The van der Waals surface area contributed by atoms with Crippen LogP contribution in [0, 0.1) is 0 Å². The molecule has 3 aromatic rings. The van der Waals surface area contributed by atoms with Crippen LogP contribution in [0.1, 0.15) is 0 Å². The van der Waals surface area contributed by atoms with Gasteiger partial charge in [0, 0.05) is 18.5 Å². The first-order chi connectivity index (χ1) is 9.75. The minimum Gasteiger partial charge on any atom is -0.486 e. The van der Waals surface area contributed by atoms with E-state index in [2.05, 4.69) is 0 Å². The van der Waals surface area contributed by atoms with Crippen LogP contribution in [0.2, 0.25) is 0 Å². The normalized spacial score (nSPS) is 13.8. The molecule has 2 heterocycles. The second kappa shape index (κ2) is 4.00. The van der Waals surface area contributed by atoms with Crippen LogP contribution in [0.4, 0.5) is 0 Å². The third-order valence-corrected chi connectivity index (χ3v) is 3.78. The zero-order valence-corrected chi connectivity index (χ0v) is 11.1. The number of benzene rings is 2. The van der Waals surface area contributed by atoms with E-state index < -0.39 is 0 Å². The second-order valence-corrected chi connectivity index (χ2v) is 4.92. The Balaban J connectivity index is 2.21. The Morgan fingerprint density at radius 1 is 0.950 bits per heavy atom. The molecule has 4 heteroatoms. The van der Waals surface area contributed by atoms with Gasteiger partial charge in [-0.15, -0.1) is 0 Å². The Morgan fingerprint density at radius 3 is 2.45 bits per heavy atom. The molecule has 4 nitrogen and oxygen atoms in total. The predicted molar refractivity (Wildman–Crippen MR) is 77.7 cm³/mol. The Kier molecular flexibility index (Phi) is 2.27. The number of para-hydroxylation sites is 1. The SMILES string of the molecule is Cn1c2ccccc2c(=O)c2cc3c(cc21)OCCO3. The average molecular weight is 267 g/mol. The number of hydrogen-bond donors (Lipinski definition) is 0. The highest BCUT2D eigenvalue weighted by Gasteiger charge is 2.16. The maximum absolute atomic E-state index is 12.6. The molecule has 100 valence electrons. The van der Waals surface area contributed by atoms with Crippen LogP contribution >= 0.6 is 0 Å². The number of ether oxygens (including phenoxy) is 2. The standard InChI is InChI=1S/C16H13NO3/c1-17-12-5-3-2-4-10(12)16(18)11-8-14-15(9-13(11)17)20-7-6-19-14/h2-5,8-9H,6-7H2,1H3. The average Bonchev–Trinajstić information content (AvgIpc) is 2.51. The summed E-state index contributed by atoms with van der Waals surface area (Å²) in [6, 6.07) is 11.3. The number of fused-ring (bicyclic) bond motifs is 3. The highest BCUT2D eigenvalue weighted by molar-refractivity contribution is 5.94. The molecule has 0 N–H and O–H groups in total. The van der Waals surface area contributed by atoms with Crippen molar-refractivity contribution in [3.63, 3.8) is 0 Å². The van der Waals surface area contributed by atoms with E-state index in [0.29, 0.717) is 30.1 Å². The number of aromatic nitrogens is 1. The first kappa shape index (κ1) is 11.3. The summed E-state index contributed by atoms with van der Waals surface area (Å²) in [5.41, 5.74) is 1.81. The molecule has 4 rings (SSSR count). The largest absolute Gasteiger partial charge is 0.486 e. The Hall–Kier alpha value is -2.49. The summed E-state index contributed by atoms with van der Waals surface area (Å²) in [4.78, 5) is 12.6. The lowest BCUT2D eigenvalue weighted by atomic mass is 10.1. The molecule has 1 aliphatic heterocycles. The number of hydrogen-bond acceptors (Lipinski definition) is 3. The van der Waals surface area contributed by atoms with Gasteiger partial charge in [-0.25, -0.2) is 0 Å². The van der Waals surface area contributed by atoms with Gasteiger partial charge >= 0.3 is 0 Å². The van der Waals surface area contributed by atoms with E-state index >= 15 is 0 Å². The molecule has 0 aliphatic carbocycles. The van der Waals surface area contributed by atoms with Gasteiger partial charge in [0.05, 0.1) is 16.4 Å². The number of aryl methyl sites for hydroxylation is 1. The Morgan fingerprint density at radius 2 is 1.65 bits per heavy atom. The van der Waals surface area contributed by atoms with Gasteiger partial charge in [-0.3, -0.25) is 4.79 Å². The lowest BCUT2D eigenvalue weighted by molar-refractivity contribution is 0.172. The lowest BCUT2D eigenvalue weighted by Gasteiger charge is -2.20. The lowest BCUT2D eigenvalue weighted by Crippen LogP contribution is -2.17. The first-order valence-electron chi connectivity index (χ1n) is 6.57. The van der Waals surface area contributed by atoms with E-state index in [1.165, 1.54) is 0 Å². The van der Waals surface area contributed by atoms with E-state index in [-0.39, 0.29) is 5.43 Å². The van der Waals surface area contributed by atoms with Gasteiger partial charge < -0.3 is 14.0 Å². The van der Waals surface area contributed by atoms with Crippen molar-refractivity contribution in [3.05, 3.63) is 46.6 Å². The number of nitrogens with zero attached hydrogens (tertiary/aromatic N) is 1. The smallest absolute Gasteiger partial charge is 0.197 e. The fraction of sp³-hybridized carbons (Fsp3) is 0.188. The zero-order chi connectivity index (χ0) is 13.7. The van der Waals surface area contributed by atoms with Gasteiger partial charge in [0.25, 0.3) is 0 Å². The topological polar surface area (TPSA) is 40.5 Å². The summed E-state index contributed by atoms with van der Waals surface area (Å²) in [5, 5.41) is 1.38. The zero-order valence-electron chi connectivity index (χ0n) is 11.1. The third kappa shape index (κ3) is 1.45. The van der Waals surface area contributed by atoms with Gasteiger partial charge in [0.15, 0.2) is 16.9 Å². The molecule has 0 saturated heterocycles. The molecule has 0 atom stereocenters. The molecular formula is C16H13NO3. The maximum Gasteiger partial charge on any atom is 0.197 e. The Labute approximate surface area is 115 Å². The summed E-state index contributed by atoms with van der Waals surface area (Å²) in [6.45, 7) is 1.06. The van der Waals surface area contributed by atoms with Crippen molar-refractivity contribution < 1.29 is 9.47 Å². The summed E-state index contributed by atoms with van der Waals surface area (Å²) >= 11 is 0. The van der Waals surface area contributed by atoms with Crippen LogP contribution in [0.15, 0.2) is 41.2 Å². The highest BCUT2D eigenvalue weighted by Crippen LogP contribution is 2.34. The molecule has 0 bridgehead atoms. The van der Waals surface area contributed by atoms with Crippen LogP contribution in [-0.4, -0.2) is 17.8 Å². The van der Waals surface area contributed by atoms with Gasteiger partial charge in [0.1, 0.15) is 13.2 Å². The molecule has 0 fully saturated rings. The number of pyridine rings is 1. The minimum atomic E-state index is 0.0330. The van der Waals surface area contributed by atoms with Gasteiger partial charge in [0.2, 0.25) is 0 Å². The molecule has 2 aromatic carbocycles. The highest BCUT2D eigenvalue weighted by atomic mass is 16.6. The molecule has 0 radical (unpaired) electrons. The molecule has 20 heavy (non-hydrogen) atoms. The van der Waals surface area contributed by atoms with Gasteiger partial charge in [-0.05, 0) is 18.2 Å². The van der Waals surface area contributed by atoms with Crippen LogP contribution in [0.25, 0.3) is 21.8 Å². The maximum atomic E-state index is 12.6. The van der Waals surface area contributed by atoms with E-state index in [4.69, 9.17) is 9.47 Å². The first-order valence-corrected chi connectivity index (χ1v) is 6.57. The predicted octanol–water partition coefficient (Wildman–Crippen LogP) is 2.46. The fourth-order valence-corrected chi connectivity index (χ4v) is 2.77. The van der Waals surface area contributed by atoms with Crippen LogP contribution in [0.5, 0.6) is 11.5 Å². The summed E-state index contributed by atoms with van der Waals surface area (Å²) in [7, 11) is 1.96. The van der Waals surface area contributed by atoms with E-state index in [9.17, 15) is 4.79 Å². The molecular weight excluding hydrogens is 254 g/mol. The molecule has 0 unspecified atom stereocenters. The van der Waals surface area contributed by atoms with Crippen molar-refractivity contribution in [1.29, 1.82) is 0 Å². The second-order valence-electron chi connectivity index (χ2n) is 4.92. The van der Waals surface area contributed by atoms with E-state index in [1.807, 2.05) is 41.9 Å². The van der Waals surface area contributed by atoms with Gasteiger partial charge in [-0.2, -0.15) is 0 Å². The summed E-state index contributed by atoms with van der Waals surface area (Å²) < 4.78 is 13.2. The van der Waals surface area contributed by atoms with Crippen LogP contribution < -0.4 is 14.9 Å². The molecule has 1 aromatic heterocycles. The van der Waals surface area contributed by atoms with Crippen LogP contribution in [-0.2, 0) is 7.05 Å². The van der Waals surface area contributed by atoms with Crippen molar-refractivity contribution in [2.24, 2.45) is 7.05 Å². The monoisotopic (exact) mass is 267 g/mol. The molecule has 0 spiro atoms. The van der Waals surface area contributed by atoms with Gasteiger partial charge in [-0.1, -0.05) is 12.1 Å². The van der Waals surface area contributed by atoms with Crippen molar-refractivity contribution in [2.75, 3.05) is 13.2 Å². The fourth-order valence-electron chi connectivity index (χ4n) is 2.77. The quantitative estimate of drug-likeness (QED) is 0.587. The van der Waals surface area contributed by atoms with Crippen molar-refractivity contribution in [2.45, 2.75) is 0 Å². The molecule has 1 aliphatic rings. The van der Waals surface area contributed by atoms with Crippen molar-refractivity contribution in [1.82, 2.24) is 4.57 Å². The van der Waals surface area contributed by atoms with E-state index in [1.54, 1.807) is 6.07 Å². The summed E-state index contributed by atoms with van der Waals surface area (Å²) in [5.74, 6) is 1.35. The van der Waals surface area contributed by atoms with Crippen molar-refractivity contribution in [3.8, 4) is 11.5 Å². The van der Waals surface area contributed by atoms with Crippen LogP contribution in [0.3, 0.4) is 0 Å². The van der Waals surface area contributed by atoms with E-state index in [0.717, 1.165) is 16.4 Å². The minimum absolute atomic E-state index is 0.0330. The third-order valence-electron chi connectivity index (χ3n) is 3.78. The Bertz CT molecular complexity index is 895. The van der Waals surface area contributed by atoms with Crippen molar-refractivity contribution >= 4 is 21.8 Å². The molecule has 0 amide bonds.